The summed E-state index contributed by atoms with van der Waals surface area (Å²) in [5.74, 6) is 2.55. The van der Waals surface area contributed by atoms with E-state index in [2.05, 4.69) is 77.5 Å². The zero-order valence-corrected chi connectivity index (χ0v) is 19.1. The summed E-state index contributed by atoms with van der Waals surface area (Å²) in [6.07, 6.45) is 5.12. The molecule has 0 radical (unpaired) electrons. The van der Waals surface area contributed by atoms with Crippen LogP contribution in [0.3, 0.4) is 0 Å². The van der Waals surface area contributed by atoms with Gasteiger partial charge < -0.3 is 20.4 Å². The molecule has 0 spiro atoms. The van der Waals surface area contributed by atoms with Crippen molar-refractivity contribution >= 4 is 17.3 Å². The lowest BCUT2D eigenvalue weighted by Crippen LogP contribution is -2.23. The van der Waals surface area contributed by atoms with Crippen LogP contribution in [0.2, 0.25) is 0 Å². The average molecular weight is 428 g/mol. The number of anilines is 3. The summed E-state index contributed by atoms with van der Waals surface area (Å²) in [5, 5.41) is 7.02. The van der Waals surface area contributed by atoms with Crippen molar-refractivity contribution in [1.82, 2.24) is 10.3 Å². The van der Waals surface area contributed by atoms with Gasteiger partial charge in [0.1, 0.15) is 11.6 Å². The first-order chi connectivity index (χ1) is 15.5. The van der Waals surface area contributed by atoms with E-state index in [4.69, 9.17) is 4.98 Å². The lowest BCUT2D eigenvalue weighted by Gasteiger charge is -2.23. The number of likely N-dealkylation sites (N-methyl/N-ethyl adjacent to an activating group) is 1. The lowest BCUT2D eigenvalue weighted by molar-refractivity contribution is 0.508. The number of benzene rings is 1. The van der Waals surface area contributed by atoms with Gasteiger partial charge in [0.2, 0.25) is 0 Å². The molecule has 0 bridgehead atoms. The zero-order valence-electron chi connectivity index (χ0n) is 19.1. The Hall–Kier alpha value is -3.05. The second-order valence-corrected chi connectivity index (χ2v) is 9.35. The van der Waals surface area contributed by atoms with Crippen LogP contribution in [0.5, 0.6) is 0 Å². The molecular formula is C27H33N5. The van der Waals surface area contributed by atoms with E-state index in [1.807, 2.05) is 0 Å². The van der Waals surface area contributed by atoms with Gasteiger partial charge in [-0.05, 0) is 60.9 Å². The highest BCUT2D eigenvalue weighted by atomic mass is 15.2. The highest BCUT2D eigenvalue weighted by Gasteiger charge is 2.28. The largest absolute Gasteiger partial charge is 0.348 e. The summed E-state index contributed by atoms with van der Waals surface area (Å²) >= 11 is 0. The number of para-hydroxylation sites is 1. The predicted octanol–water partition coefficient (Wildman–Crippen LogP) is 4.98. The predicted molar refractivity (Wildman–Crippen MR) is 134 cm³/mol. The number of hydrogen-bond donors (Lipinski definition) is 2. The molecule has 32 heavy (non-hydrogen) atoms. The van der Waals surface area contributed by atoms with E-state index < -0.39 is 0 Å². The maximum Gasteiger partial charge on any atom is 0.135 e. The van der Waals surface area contributed by atoms with Crippen LogP contribution in [-0.2, 0) is 19.4 Å². The molecule has 1 saturated heterocycles. The summed E-state index contributed by atoms with van der Waals surface area (Å²) in [6, 6.07) is 10.9. The summed E-state index contributed by atoms with van der Waals surface area (Å²) < 4.78 is 0. The molecule has 5 nitrogen and oxygen atoms in total. The molecular weight excluding hydrogens is 394 g/mol. The van der Waals surface area contributed by atoms with E-state index >= 15 is 0 Å². The fourth-order valence-electron chi connectivity index (χ4n) is 5.18. The van der Waals surface area contributed by atoms with Crippen molar-refractivity contribution < 1.29 is 0 Å². The summed E-state index contributed by atoms with van der Waals surface area (Å²) in [7, 11) is 2.12. The number of pyridine rings is 1. The topological polar surface area (TPSA) is 43.4 Å². The fraction of sp³-hybridized carbons (Fsp3) is 0.370. The Morgan fingerprint density at radius 2 is 1.97 bits per heavy atom. The van der Waals surface area contributed by atoms with Gasteiger partial charge in [-0.25, -0.2) is 4.98 Å². The Bertz CT molecular complexity index is 1090. The molecule has 1 aromatic heterocycles. The minimum atomic E-state index is 0.597. The first-order valence-corrected chi connectivity index (χ1v) is 11.6. The van der Waals surface area contributed by atoms with Crippen LogP contribution in [0.25, 0.3) is 0 Å². The third-order valence-corrected chi connectivity index (χ3v) is 7.03. The van der Waals surface area contributed by atoms with Crippen LogP contribution in [0.15, 0.2) is 67.2 Å². The van der Waals surface area contributed by atoms with Gasteiger partial charge in [-0.2, -0.15) is 0 Å². The number of fused-ring (bicyclic) bond motifs is 2. The van der Waals surface area contributed by atoms with Crippen LogP contribution in [0, 0.1) is 5.92 Å². The van der Waals surface area contributed by atoms with Gasteiger partial charge in [0.25, 0.3) is 0 Å². The summed E-state index contributed by atoms with van der Waals surface area (Å²) in [4.78, 5) is 9.40. The van der Waals surface area contributed by atoms with Crippen molar-refractivity contribution in [2.24, 2.45) is 5.92 Å². The molecule has 2 N–H and O–H groups in total. The van der Waals surface area contributed by atoms with Crippen molar-refractivity contribution in [3.63, 3.8) is 0 Å². The Balaban J connectivity index is 1.16. The Morgan fingerprint density at radius 1 is 1.09 bits per heavy atom. The maximum absolute atomic E-state index is 4.88. The van der Waals surface area contributed by atoms with Gasteiger partial charge in [-0.3, -0.25) is 0 Å². The van der Waals surface area contributed by atoms with Gasteiger partial charge in [0, 0.05) is 49.3 Å². The SMILES string of the molecule is C=C1CCc2ccc(N3CC(CCNCc4cccc5c4N(C)C(=C)C5)CC3=C)nc2N1. The highest BCUT2D eigenvalue weighted by molar-refractivity contribution is 5.68. The minimum Gasteiger partial charge on any atom is -0.348 e. The molecule has 3 aliphatic rings. The van der Waals surface area contributed by atoms with E-state index in [9.17, 15) is 0 Å². The molecule has 1 fully saturated rings. The molecule has 0 saturated carbocycles. The van der Waals surface area contributed by atoms with E-state index in [-0.39, 0.29) is 0 Å². The number of aryl methyl sites for hydroxylation is 1. The van der Waals surface area contributed by atoms with E-state index in [1.165, 1.54) is 28.1 Å². The number of rotatable bonds is 6. The van der Waals surface area contributed by atoms with Crippen molar-refractivity contribution in [3.8, 4) is 0 Å². The molecule has 1 unspecified atom stereocenters. The second-order valence-electron chi connectivity index (χ2n) is 9.35. The summed E-state index contributed by atoms with van der Waals surface area (Å²) in [6.45, 7) is 15.5. The molecule has 0 amide bonds. The Labute approximate surface area is 191 Å². The van der Waals surface area contributed by atoms with Gasteiger partial charge in [0.05, 0.1) is 0 Å². The number of nitrogens with one attached hydrogen (secondary N) is 2. The van der Waals surface area contributed by atoms with Crippen LogP contribution in [0.4, 0.5) is 17.3 Å². The third-order valence-electron chi connectivity index (χ3n) is 7.03. The number of hydrogen-bond acceptors (Lipinski definition) is 5. The van der Waals surface area contributed by atoms with Crippen LogP contribution >= 0.6 is 0 Å². The second kappa shape index (κ2) is 8.47. The Kier molecular flexibility index (Phi) is 5.51. The van der Waals surface area contributed by atoms with E-state index in [1.54, 1.807) is 0 Å². The van der Waals surface area contributed by atoms with Crippen molar-refractivity contribution in [3.05, 3.63) is 83.9 Å². The molecule has 5 rings (SSSR count). The Morgan fingerprint density at radius 3 is 2.84 bits per heavy atom. The summed E-state index contributed by atoms with van der Waals surface area (Å²) in [5.41, 5.74) is 8.73. The van der Waals surface area contributed by atoms with E-state index in [0.717, 1.165) is 74.8 Å². The number of allylic oxidation sites excluding steroid dienone is 3. The fourth-order valence-corrected chi connectivity index (χ4v) is 5.18. The number of aromatic nitrogens is 1. The molecule has 3 aliphatic heterocycles. The van der Waals surface area contributed by atoms with Crippen molar-refractivity contribution in [1.29, 1.82) is 0 Å². The van der Waals surface area contributed by atoms with Crippen LogP contribution in [-0.4, -0.2) is 25.1 Å². The first-order valence-electron chi connectivity index (χ1n) is 11.6. The molecule has 0 aliphatic carbocycles. The van der Waals surface area contributed by atoms with E-state index in [0.29, 0.717) is 5.92 Å². The number of nitrogens with zero attached hydrogens (tertiary/aromatic N) is 3. The van der Waals surface area contributed by atoms with Gasteiger partial charge in [-0.1, -0.05) is 44.0 Å². The molecule has 5 heteroatoms. The monoisotopic (exact) mass is 427 g/mol. The smallest absolute Gasteiger partial charge is 0.135 e. The van der Waals surface area contributed by atoms with Gasteiger partial charge >= 0.3 is 0 Å². The molecule has 166 valence electrons. The van der Waals surface area contributed by atoms with Crippen LogP contribution < -0.4 is 20.4 Å². The van der Waals surface area contributed by atoms with Crippen molar-refractivity contribution in [2.45, 2.75) is 38.6 Å². The molecule has 2 aromatic rings. The van der Waals surface area contributed by atoms with Crippen LogP contribution in [0.1, 0.15) is 36.0 Å². The quantitative estimate of drug-likeness (QED) is 0.637. The van der Waals surface area contributed by atoms with Crippen molar-refractivity contribution in [2.75, 3.05) is 35.3 Å². The average Bonchev–Trinajstić information content (AvgIpc) is 3.30. The third kappa shape index (κ3) is 3.93. The zero-order chi connectivity index (χ0) is 22.2. The molecule has 1 atom stereocenters. The maximum atomic E-state index is 4.88. The molecule has 1 aromatic carbocycles. The molecule has 4 heterocycles. The minimum absolute atomic E-state index is 0.597. The normalized spacial score (nSPS) is 19.9. The van der Waals surface area contributed by atoms with Gasteiger partial charge in [0.15, 0.2) is 0 Å². The highest BCUT2D eigenvalue weighted by Crippen LogP contribution is 2.36. The van der Waals surface area contributed by atoms with Gasteiger partial charge in [-0.15, -0.1) is 0 Å². The standard InChI is InChI=1S/C27H33N5/c1-18-8-9-22-10-11-25(30-27(22)29-18)32-17-21(14-20(32)3)12-13-28-16-24-7-5-6-23-15-19(2)31(4)26(23)24/h5-7,10-11,21,28H,1-3,8-9,12-17H2,4H3,(H,29,30). The lowest BCUT2D eigenvalue weighted by atomic mass is 10.0. The first kappa shape index (κ1) is 20.8.